The van der Waals surface area contributed by atoms with Crippen LogP contribution >= 0.6 is 0 Å². The molecule has 2 N–H and O–H groups in total. The Labute approximate surface area is 111 Å². The zero-order valence-electron chi connectivity index (χ0n) is 10.9. The number of carbonyl (C=O) groups excluding carboxylic acids is 1. The molecule has 1 aromatic carbocycles. The minimum atomic E-state index is -0.282. The Morgan fingerprint density at radius 1 is 1.47 bits per heavy atom. The summed E-state index contributed by atoms with van der Waals surface area (Å²) in [5, 5.41) is 9.11. The van der Waals surface area contributed by atoms with Gasteiger partial charge in [-0.1, -0.05) is 25.1 Å². The number of para-hydroxylation sites is 1. The number of nitrogens with zero attached hydrogens (tertiary/aromatic N) is 2. The lowest BCUT2D eigenvalue weighted by Crippen LogP contribution is -2.29. The van der Waals surface area contributed by atoms with Gasteiger partial charge in [0.2, 0.25) is 5.82 Å². The summed E-state index contributed by atoms with van der Waals surface area (Å²) in [4.78, 5) is 15.8. The van der Waals surface area contributed by atoms with Gasteiger partial charge in [-0.25, -0.2) is 4.98 Å². The number of ether oxygens (including phenoxy) is 1. The summed E-state index contributed by atoms with van der Waals surface area (Å²) in [6.07, 6.45) is 2.05. The summed E-state index contributed by atoms with van der Waals surface area (Å²) in [7, 11) is 1.61. The first-order valence-electron chi connectivity index (χ1n) is 6.05. The smallest absolute Gasteiger partial charge is 0.289 e. The third kappa shape index (κ3) is 2.90. The summed E-state index contributed by atoms with van der Waals surface area (Å²) in [5.74, 6) is 0.677. The van der Waals surface area contributed by atoms with Crippen LogP contribution in [0.4, 0.5) is 0 Å². The molecule has 1 unspecified atom stereocenters. The standard InChI is InChI=1S/C13H16N4O2/c1-3-10(9-6-4-5-7-11(9)19-2)16-13(18)12-14-8-15-17-12/h4-8,10H,3H2,1-2H3,(H,16,18)(H,14,15,17). The Hall–Kier alpha value is -2.37. The second-order valence-electron chi connectivity index (χ2n) is 4.01. The number of nitrogens with one attached hydrogen (secondary N) is 2. The minimum absolute atomic E-state index is 0.131. The summed E-state index contributed by atoms with van der Waals surface area (Å²) in [6.45, 7) is 2.00. The highest BCUT2D eigenvalue weighted by atomic mass is 16.5. The fourth-order valence-corrected chi connectivity index (χ4v) is 1.90. The lowest BCUT2D eigenvalue weighted by atomic mass is 10.0. The van der Waals surface area contributed by atoms with Crippen molar-refractivity contribution in [2.75, 3.05) is 7.11 Å². The van der Waals surface area contributed by atoms with Gasteiger partial charge in [0.25, 0.3) is 5.91 Å². The van der Waals surface area contributed by atoms with E-state index in [1.54, 1.807) is 7.11 Å². The minimum Gasteiger partial charge on any atom is -0.496 e. The number of amides is 1. The maximum Gasteiger partial charge on any atom is 0.289 e. The predicted octanol–water partition coefficient (Wildman–Crippen LogP) is 1.69. The van der Waals surface area contributed by atoms with Crippen LogP contribution in [0.1, 0.15) is 35.6 Å². The van der Waals surface area contributed by atoms with E-state index in [0.717, 1.165) is 17.7 Å². The van der Waals surface area contributed by atoms with E-state index in [1.807, 2.05) is 31.2 Å². The predicted molar refractivity (Wildman–Crippen MR) is 69.9 cm³/mol. The number of rotatable bonds is 5. The van der Waals surface area contributed by atoms with Gasteiger partial charge in [-0.05, 0) is 12.5 Å². The van der Waals surface area contributed by atoms with Crippen LogP contribution in [0.2, 0.25) is 0 Å². The van der Waals surface area contributed by atoms with Crippen molar-refractivity contribution in [1.29, 1.82) is 0 Å². The first-order chi connectivity index (χ1) is 9.26. The van der Waals surface area contributed by atoms with E-state index in [1.165, 1.54) is 6.33 Å². The second-order valence-corrected chi connectivity index (χ2v) is 4.01. The van der Waals surface area contributed by atoms with Gasteiger partial charge in [-0.15, -0.1) is 0 Å². The van der Waals surface area contributed by atoms with E-state index < -0.39 is 0 Å². The molecule has 1 atom stereocenters. The van der Waals surface area contributed by atoms with Crippen LogP contribution in [0.15, 0.2) is 30.6 Å². The number of methoxy groups -OCH3 is 1. The molecule has 1 heterocycles. The normalized spacial score (nSPS) is 11.9. The van der Waals surface area contributed by atoms with Crippen molar-refractivity contribution in [3.63, 3.8) is 0 Å². The zero-order chi connectivity index (χ0) is 13.7. The Morgan fingerprint density at radius 3 is 2.89 bits per heavy atom. The molecule has 0 aliphatic heterocycles. The number of aromatic nitrogens is 3. The van der Waals surface area contributed by atoms with Gasteiger partial charge in [0.05, 0.1) is 13.2 Å². The molecular formula is C13H16N4O2. The molecule has 6 heteroatoms. The van der Waals surface area contributed by atoms with Crippen molar-refractivity contribution in [3.05, 3.63) is 42.0 Å². The van der Waals surface area contributed by atoms with Crippen molar-refractivity contribution in [2.45, 2.75) is 19.4 Å². The van der Waals surface area contributed by atoms with E-state index in [9.17, 15) is 4.79 Å². The first-order valence-corrected chi connectivity index (χ1v) is 6.05. The molecule has 1 aromatic heterocycles. The summed E-state index contributed by atoms with van der Waals surface area (Å²) >= 11 is 0. The van der Waals surface area contributed by atoms with Gasteiger partial charge in [-0.3, -0.25) is 9.89 Å². The molecule has 0 saturated carbocycles. The summed E-state index contributed by atoms with van der Waals surface area (Å²) in [6, 6.07) is 7.49. The highest BCUT2D eigenvalue weighted by molar-refractivity contribution is 5.90. The number of hydrogen-bond acceptors (Lipinski definition) is 4. The quantitative estimate of drug-likeness (QED) is 0.857. The van der Waals surface area contributed by atoms with Gasteiger partial charge >= 0.3 is 0 Å². The van der Waals surface area contributed by atoms with Gasteiger partial charge in [-0.2, -0.15) is 5.10 Å². The number of H-pyrrole nitrogens is 1. The average molecular weight is 260 g/mol. The monoisotopic (exact) mass is 260 g/mol. The maximum atomic E-state index is 12.0. The van der Waals surface area contributed by atoms with Crippen LogP contribution in [-0.2, 0) is 0 Å². The summed E-state index contributed by atoms with van der Waals surface area (Å²) in [5.41, 5.74) is 0.945. The van der Waals surface area contributed by atoms with Gasteiger partial charge in [0, 0.05) is 5.56 Å². The molecule has 2 aromatic rings. The van der Waals surface area contributed by atoms with Crippen molar-refractivity contribution >= 4 is 5.91 Å². The second kappa shape index (κ2) is 5.99. The van der Waals surface area contributed by atoms with E-state index in [0.29, 0.717) is 0 Å². The van der Waals surface area contributed by atoms with E-state index in [4.69, 9.17) is 4.74 Å². The highest BCUT2D eigenvalue weighted by Gasteiger charge is 2.18. The molecule has 100 valence electrons. The average Bonchev–Trinajstić information content (AvgIpc) is 2.98. The third-order valence-corrected chi connectivity index (χ3v) is 2.86. The van der Waals surface area contributed by atoms with Crippen LogP contribution in [-0.4, -0.2) is 28.2 Å². The fraction of sp³-hybridized carbons (Fsp3) is 0.308. The Balaban J connectivity index is 2.18. The van der Waals surface area contributed by atoms with Gasteiger partial charge < -0.3 is 10.1 Å². The van der Waals surface area contributed by atoms with Crippen molar-refractivity contribution in [2.24, 2.45) is 0 Å². The van der Waals surface area contributed by atoms with Crippen molar-refractivity contribution < 1.29 is 9.53 Å². The van der Waals surface area contributed by atoms with Crippen molar-refractivity contribution in [1.82, 2.24) is 20.5 Å². The van der Waals surface area contributed by atoms with Crippen LogP contribution in [0, 0.1) is 0 Å². The molecule has 19 heavy (non-hydrogen) atoms. The first kappa shape index (κ1) is 13.1. The molecule has 0 fully saturated rings. The van der Waals surface area contributed by atoms with Crippen LogP contribution in [0.3, 0.4) is 0 Å². The molecule has 0 aliphatic carbocycles. The lowest BCUT2D eigenvalue weighted by Gasteiger charge is -2.19. The number of hydrogen-bond donors (Lipinski definition) is 2. The Morgan fingerprint density at radius 2 is 2.26 bits per heavy atom. The molecule has 0 bridgehead atoms. The number of benzene rings is 1. The van der Waals surface area contributed by atoms with Gasteiger partial charge in [0.15, 0.2) is 0 Å². The summed E-state index contributed by atoms with van der Waals surface area (Å²) < 4.78 is 5.31. The topological polar surface area (TPSA) is 79.9 Å². The van der Waals surface area contributed by atoms with E-state index in [-0.39, 0.29) is 17.8 Å². The Kier molecular flexibility index (Phi) is 4.12. The molecule has 0 radical (unpaired) electrons. The van der Waals surface area contributed by atoms with E-state index in [2.05, 4.69) is 20.5 Å². The van der Waals surface area contributed by atoms with Crippen LogP contribution in [0.25, 0.3) is 0 Å². The van der Waals surface area contributed by atoms with Crippen LogP contribution < -0.4 is 10.1 Å². The molecular weight excluding hydrogens is 244 g/mol. The maximum absolute atomic E-state index is 12.0. The van der Waals surface area contributed by atoms with E-state index >= 15 is 0 Å². The Bertz CT molecular complexity index is 539. The third-order valence-electron chi connectivity index (χ3n) is 2.86. The lowest BCUT2D eigenvalue weighted by molar-refractivity contribution is 0.0925. The fourth-order valence-electron chi connectivity index (χ4n) is 1.90. The molecule has 0 aliphatic rings. The van der Waals surface area contributed by atoms with Gasteiger partial charge in [0.1, 0.15) is 12.1 Å². The molecule has 0 spiro atoms. The number of aromatic amines is 1. The molecule has 0 saturated heterocycles. The SMILES string of the molecule is CCC(NC(=O)c1ncn[nH]1)c1ccccc1OC. The molecule has 6 nitrogen and oxygen atoms in total. The highest BCUT2D eigenvalue weighted by Crippen LogP contribution is 2.26. The largest absolute Gasteiger partial charge is 0.496 e. The molecule has 1 amide bonds. The zero-order valence-corrected chi connectivity index (χ0v) is 10.9. The molecule has 2 rings (SSSR count). The van der Waals surface area contributed by atoms with Crippen LogP contribution in [0.5, 0.6) is 5.75 Å². The van der Waals surface area contributed by atoms with Crippen molar-refractivity contribution in [3.8, 4) is 5.75 Å². The number of carbonyl (C=O) groups is 1.